The molecule has 1 fully saturated rings. The normalized spacial score (nSPS) is 19.5. The minimum atomic E-state index is -0.931. The lowest BCUT2D eigenvalue weighted by atomic mass is 9.99. The zero-order valence-electron chi connectivity index (χ0n) is 17.1. The minimum Gasteiger partial charge on any atom is -0.481 e. The summed E-state index contributed by atoms with van der Waals surface area (Å²) in [4.78, 5) is 25.2. The summed E-state index contributed by atoms with van der Waals surface area (Å²) in [6.07, 6.45) is 2.35. The number of halogens is 2. The number of nitrogens with zero attached hydrogens (tertiary/aromatic N) is 4. The van der Waals surface area contributed by atoms with Crippen molar-refractivity contribution in [2.24, 2.45) is 22.6 Å². The average Bonchev–Trinajstić information content (AvgIpc) is 3.14. The second-order valence-corrected chi connectivity index (χ2v) is 7.24. The number of hydrogen-bond acceptors (Lipinski definition) is 7. The maximum Gasteiger partial charge on any atom is 0.308 e. The van der Waals surface area contributed by atoms with Crippen LogP contribution in [0.15, 0.2) is 41.5 Å². The van der Waals surface area contributed by atoms with Crippen molar-refractivity contribution in [1.82, 2.24) is 9.97 Å². The summed E-state index contributed by atoms with van der Waals surface area (Å²) in [6.45, 7) is 2.32. The number of aliphatic imine (C=N–C) groups is 1. The Balaban J connectivity index is 1.82. The molecule has 0 spiro atoms. The highest BCUT2D eigenvalue weighted by atomic mass is 19.1. The fourth-order valence-corrected chi connectivity index (χ4v) is 3.34. The van der Waals surface area contributed by atoms with E-state index in [0.29, 0.717) is 12.1 Å². The number of anilines is 1. The molecule has 31 heavy (non-hydrogen) atoms. The van der Waals surface area contributed by atoms with E-state index in [4.69, 9.17) is 10.5 Å². The van der Waals surface area contributed by atoms with Crippen molar-refractivity contribution in [3.63, 3.8) is 0 Å². The van der Waals surface area contributed by atoms with Crippen molar-refractivity contribution in [2.75, 3.05) is 25.1 Å². The van der Waals surface area contributed by atoms with Crippen LogP contribution in [-0.2, 0) is 16.1 Å². The van der Waals surface area contributed by atoms with Crippen LogP contribution < -0.4 is 10.6 Å². The molecular weight excluding hydrogens is 408 g/mol. The van der Waals surface area contributed by atoms with Crippen LogP contribution in [0.2, 0.25) is 0 Å². The highest BCUT2D eigenvalue weighted by Gasteiger charge is 2.36. The Morgan fingerprint density at radius 2 is 2.10 bits per heavy atom. The zero-order chi connectivity index (χ0) is 22.5. The van der Waals surface area contributed by atoms with E-state index in [0.717, 1.165) is 6.20 Å². The van der Waals surface area contributed by atoms with Crippen LogP contribution in [0.4, 0.5) is 14.6 Å². The number of nitrogens with two attached hydrogens (primary N) is 1. The molecule has 1 aliphatic heterocycles. The first-order valence-corrected chi connectivity index (χ1v) is 9.59. The maximum atomic E-state index is 14.4. The van der Waals surface area contributed by atoms with Gasteiger partial charge in [0, 0.05) is 24.7 Å². The van der Waals surface area contributed by atoms with Gasteiger partial charge in [-0.05, 0) is 12.0 Å². The van der Waals surface area contributed by atoms with Crippen molar-refractivity contribution in [1.29, 1.82) is 0 Å². The third kappa shape index (κ3) is 5.14. The second-order valence-electron chi connectivity index (χ2n) is 7.24. The van der Waals surface area contributed by atoms with Gasteiger partial charge in [0.2, 0.25) is 5.90 Å². The van der Waals surface area contributed by atoms with Crippen molar-refractivity contribution in [3.05, 3.63) is 59.6 Å². The van der Waals surface area contributed by atoms with E-state index in [-0.39, 0.29) is 48.1 Å². The molecule has 0 amide bonds. The Morgan fingerprint density at radius 1 is 1.35 bits per heavy atom. The number of hydrogen-bond donors (Lipinski definition) is 2. The average molecular weight is 431 g/mol. The Labute approximate surface area is 178 Å². The van der Waals surface area contributed by atoms with E-state index < -0.39 is 17.7 Å². The molecule has 1 aromatic carbocycles. The Bertz CT molecular complexity index is 1030. The molecule has 10 heteroatoms. The number of carbonyl (C=O) groups is 1. The lowest BCUT2D eigenvalue weighted by molar-refractivity contribution is -0.142. The molecule has 3 rings (SSSR count). The highest BCUT2D eigenvalue weighted by Crippen LogP contribution is 2.29. The van der Waals surface area contributed by atoms with E-state index >= 15 is 0 Å². The Kier molecular flexibility index (Phi) is 6.78. The smallest absolute Gasteiger partial charge is 0.308 e. The number of aromatic nitrogens is 2. The van der Waals surface area contributed by atoms with Crippen molar-refractivity contribution >= 4 is 23.4 Å². The van der Waals surface area contributed by atoms with Crippen LogP contribution in [-0.4, -0.2) is 47.1 Å². The first kappa shape index (κ1) is 22.1. The van der Waals surface area contributed by atoms with Crippen LogP contribution in [0, 0.1) is 23.5 Å². The van der Waals surface area contributed by atoms with Gasteiger partial charge in [-0.3, -0.25) is 4.79 Å². The quantitative estimate of drug-likeness (QED) is 0.533. The summed E-state index contributed by atoms with van der Waals surface area (Å²) in [5, 5.41) is 9.30. The molecule has 1 aliphatic rings. The highest BCUT2D eigenvalue weighted by molar-refractivity contribution is 5.94. The fraction of sp³-hybridized carbons (Fsp3) is 0.333. The monoisotopic (exact) mass is 431 g/mol. The molecule has 0 radical (unpaired) electrons. The molecular formula is C21H23F2N5O3. The van der Waals surface area contributed by atoms with E-state index in [1.165, 1.54) is 19.3 Å². The van der Waals surface area contributed by atoms with Crippen LogP contribution in [0.1, 0.15) is 18.3 Å². The molecule has 164 valence electrons. The fourth-order valence-electron chi connectivity index (χ4n) is 3.34. The number of ether oxygens (including phenoxy) is 1. The predicted molar refractivity (Wildman–Crippen MR) is 111 cm³/mol. The van der Waals surface area contributed by atoms with Gasteiger partial charge in [0.25, 0.3) is 0 Å². The Morgan fingerprint density at radius 3 is 2.74 bits per heavy atom. The third-order valence-electron chi connectivity index (χ3n) is 5.06. The van der Waals surface area contributed by atoms with Crippen LogP contribution in [0.5, 0.6) is 0 Å². The van der Waals surface area contributed by atoms with Crippen molar-refractivity contribution < 1.29 is 23.4 Å². The summed E-state index contributed by atoms with van der Waals surface area (Å²) in [6, 6.07) is 6.23. The molecule has 2 aromatic rings. The summed E-state index contributed by atoms with van der Waals surface area (Å²) >= 11 is 0. The molecule has 0 aliphatic carbocycles. The Hall–Kier alpha value is -3.56. The van der Waals surface area contributed by atoms with E-state index in [2.05, 4.69) is 15.0 Å². The standard InChI is InChI=1S/C21H23F2N5O3/c1-12-10-28(11-14(12)21(29)30)20-16(23)9-26-19(27-20)17(24)7-18(31-2)25-8-13-5-3-4-6-15(13)22/h3-7,9,12,14H,8,10-11,24H2,1-2H3,(H,29,30). The zero-order valence-corrected chi connectivity index (χ0v) is 17.1. The lowest BCUT2D eigenvalue weighted by Gasteiger charge is -2.18. The lowest BCUT2D eigenvalue weighted by Crippen LogP contribution is -2.25. The van der Waals surface area contributed by atoms with Crippen LogP contribution in [0.25, 0.3) is 5.70 Å². The van der Waals surface area contributed by atoms with E-state index in [1.54, 1.807) is 30.0 Å². The molecule has 0 bridgehead atoms. The van der Waals surface area contributed by atoms with Gasteiger partial charge in [0.1, 0.15) is 5.82 Å². The molecule has 8 nitrogen and oxygen atoms in total. The largest absolute Gasteiger partial charge is 0.481 e. The van der Waals surface area contributed by atoms with Gasteiger partial charge in [-0.25, -0.2) is 23.7 Å². The molecule has 0 saturated carbocycles. The van der Waals surface area contributed by atoms with Gasteiger partial charge in [0.05, 0.1) is 31.5 Å². The number of carboxylic acid groups (broad SMARTS) is 1. The number of methoxy groups -OCH3 is 1. The van der Waals surface area contributed by atoms with E-state index in [1.807, 2.05) is 0 Å². The number of rotatable bonds is 6. The van der Waals surface area contributed by atoms with Gasteiger partial charge in [-0.15, -0.1) is 0 Å². The topological polar surface area (TPSA) is 114 Å². The summed E-state index contributed by atoms with van der Waals surface area (Å²) < 4.78 is 33.3. The van der Waals surface area contributed by atoms with Crippen molar-refractivity contribution in [2.45, 2.75) is 13.5 Å². The summed E-state index contributed by atoms with van der Waals surface area (Å²) in [5.41, 5.74) is 6.51. The number of aliphatic carboxylic acids is 1. The van der Waals surface area contributed by atoms with Gasteiger partial charge in [-0.2, -0.15) is 0 Å². The van der Waals surface area contributed by atoms with Gasteiger partial charge in [0.15, 0.2) is 17.5 Å². The summed E-state index contributed by atoms with van der Waals surface area (Å²) in [5.74, 6) is -2.61. The first-order valence-electron chi connectivity index (χ1n) is 9.59. The molecule has 1 saturated heterocycles. The van der Waals surface area contributed by atoms with Gasteiger partial charge < -0.3 is 20.5 Å². The third-order valence-corrected chi connectivity index (χ3v) is 5.06. The molecule has 2 unspecified atom stereocenters. The molecule has 3 N–H and O–H groups in total. The predicted octanol–water partition coefficient (Wildman–Crippen LogP) is 2.46. The van der Waals surface area contributed by atoms with E-state index in [9.17, 15) is 18.7 Å². The second kappa shape index (κ2) is 9.50. The van der Waals surface area contributed by atoms with Gasteiger partial charge >= 0.3 is 5.97 Å². The SMILES string of the molecule is COC(C=C(N)c1ncc(F)c(N2CC(C)C(C(=O)O)C2)n1)=NCc1ccccc1F. The number of carboxylic acids is 1. The summed E-state index contributed by atoms with van der Waals surface area (Å²) in [7, 11) is 1.39. The minimum absolute atomic E-state index is 0.0146. The van der Waals surface area contributed by atoms with Crippen LogP contribution in [0.3, 0.4) is 0 Å². The molecule has 2 atom stereocenters. The maximum absolute atomic E-state index is 14.4. The molecule has 1 aromatic heterocycles. The van der Waals surface area contributed by atoms with Crippen LogP contribution >= 0.6 is 0 Å². The number of benzene rings is 1. The molecule has 2 heterocycles. The van der Waals surface area contributed by atoms with Crippen molar-refractivity contribution in [3.8, 4) is 0 Å². The first-order chi connectivity index (χ1) is 14.8. The van der Waals surface area contributed by atoms with Gasteiger partial charge in [-0.1, -0.05) is 25.1 Å².